The largest absolute Gasteiger partial charge is 0.453 e. The van der Waals surface area contributed by atoms with Crippen LogP contribution in [0.5, 0.6) is 11.5 Å². The van der Waals surface area contributed by atoms with Gasteiger partial charge in [-0.3, -0.25) is 4.79 Å². The molecule has 0 atom stereocenters. The van der Waals surface area contributed by atoms with Crippen molar-refractivity contribution in [2.75, 3.05) is 13.3 Å². The molecule has 1 heterocycles. The normalized spacial score (nSPS) is 12.9. The Morgan fingerprint density at radius 2 is 2.27 bits per heavy atom. The standard InChI is InChI=1S/C10H10FNO3/c11-7-3-6(8(13)1-2-12)4-9-10(7)15-5-14-9/h3-4H,1-2,5,12H2. The zero-order chi connectivity index (χ0) is 10.8. The quantitative estimate of drug-likeness (QED) is 0.760. The van der Waals surface area contributed by atoms with Gasteiger partial charge in [-0.1, -0.05) is 0 Å². The number of benzene rings is 1. The van der Waals surface area contributed by atoms with Crippen molar-refractivity contribution in [1.82, 2.24) is 0 Å². The number of fused-ring (bicyclic) bond motifs is 1. The average Bonchev–Trinajstić information content (AvgIpc) is 2.66. The molecule has 2 rings (SSSR count). The molecule has 2 N–H and O–H groups in total. The monoisotopic (exact) mass is 211 g/mol. The Labute approximate surface area is 85.8 Å². The number of rotatable bonds is 3. The summed E-state index contributed by atoms with van der Waals surface area (Å²) in [6, 6.07) is 2.62. The molecule has 1 aromatic rings. The van der Waals surface area contributed by atoms with E-state index in [1.807, 2.05) is 0 Å². The van der Waals surface area contributed by atoms with Crippen LogP contribution in [-0.4, -0.2) is 19.1 Å². The van der Waals surface area contributed by atoms with Gasteiger partial charge in [-0.05, 0) is 18.7 Å². The van der Waals surface area contributed by atoms with Crippen molar-refractivity contribution in [2.45, 2.75) is 6.42 Å². The lowest BCUT2D eigenvalue weighted by Gasteiger charge is -2.02. The first-order chi connectivity index (χ1) is 7.22. The lowest BCUT2D eigenvalue weighted by atomic mass is 10.1. The van der Waals surface area contributed by atoms with Crippen LogP contribution < -0.4 is 15.2 Å². The maximum atomic E-state index is 13.4. The highest BCUT2D eigenvalue weighted by molar-refractivity contribution is 5.96. The lowest BCUT2D eigenvalue weighted by Crippen LogP contribution is -2.08. The molecule has 0 bridgehead atoms. The van der Waals surface area contributed by atoms with E-state index in [0.717, 1.165) is 6.07 Å². The Balaban J connectivity index is 2.35. The second kappa shape index (κ2) is 3.86. The molecule has 0 saturated heterocycles. The van der Waals surface area contributed by atoms with Gasteiger partial charge in [-0.25, -0.2) is 4.39 Å². The molecular weight excluding hydrogens is 201 g/mol. The fourth-order valence-electron chi connectivity index (χ4n) is 1.40. The van der Waals surface area contributed by atoms with Gasteiger partial charge in [0.25, 0.3) is 0 Å². The molecule has 0 unspecified atom stereocenters. The Morgan fingerprint density at radius 3 is 3.00 bits per heavy atom. The molecule has 0 amide bonds. The maximum absolute atomic E-state index is 13.4. The summed E-state index contributed by atoms with van der Waals surface area (Å²) in [5.74, 6) is -0.435. The van der Waals surface area contributed by atoms with Crippen LogP contribution in [0.3, 0.4) is 0 Å². The smallest absolute Gasteiger partial charge is 0.231 e. The van der Waals surface area contributed by atoms with Crippen LogP contribution in [0, 0.1) is 5.82 Å². The van der Waals surface area contributed by atoms with Gasteiger partial charge in [0.1, 0.15) is 0 Å². The molecule has 1 aliphatic heterocycles. The molecule has 0 radical (unpaired) electrons. The maximum Gasteiger partial charge on any atom is 0.231 e. The van der Waals surface area contributed by atoms with Crippen LogP contribution in [0.4, 0.5) is 4.39 Å². The average molecular weight is 211 g/mol. The van der Waals surface area contributed by atoms with Gasteiger partial charge < -0.3 is 15.2 Å². The van der Waals surface area contributed by atoms with E-state index in [2.05, 4.69) is 0 Å². The Bertz CT molecular complexity index is 406. The van der Waals surface area contributed by atoms with Gasteiger partial charge in [0.2, 0.25) is 12.5 Å². The predicted molar refractivity (Wildman–Crippen MR) is 50.5 cm³/mol. The Kier molecular flexibility index (Phi) is 2.55. The second-order valence-corrected chi connectivity index (χ2v) is 3.15. The minimum absolute atomic E-state index is 0.0131. The highest BCUT2D eigenvalue weighted by Crippen LogP contribution is 2.35. The minimum Gasteiger partial charge on any atom is -0.453 e. The lowest BCUT2D eigenvalue weighted by molar-refractivity contribution is 0.0984. The number of hydrogen-bond donors (Lipinski definition) is 1. The molecule has 5 heteroatoms. The van der Waals surface area contributed by atoms with Crippen LogP contribution in [0.1, 0.15) is 16.8 Å². The summed E-state index contributed by atoms with van der Waals surface area (Å²) < 4.78 is 23.3. The van der Waals surface area contributed by atoms with Crippen molar-refractivity contribution in [1.29, 1.82) is 0 Å². The molecule has 15 heavy (non-hydrogen) atoms. The summed E-state index contributed by atoms with van der Waals surface area (Å²) in [6.45, 7) is 0.232. The van der Waals surface area contributed by atoms with Crippen molar-refractivity contribution in [3.05, 3.63) is 23.5 Å². The first-order valence-electron chi connectivity index (χ1n) is 4.55. The SMILES string of the molecule is NCCC(=O)c1cc(F)c2c(c1)OCO2. The Morgan fingerprint density at radius 1 is 1.47 bits per heavy atom. The number of carbonyl (C=O) groups is 1. The number of hydrogen-bond acceptors (Lipinski definition) is 4. The molecule has 0 aliphatic carbocycles. The van der Waals surface area contributed by atoms with Crippen LogP contribution in [-0.2, 0) is 0 Å². The summed E-state index contributed by atoms with van der Waals surface area (Å²) in [4.78, 5) is 11.5. The molecule has 1 aromatic carbocycles. The zero-order valence-electron chi connectivity index (χ0n) is 7.96. The molecular formula is C10H10FNO3. The first kappa shape index (κ1) is 9.92. The highest BCUT2D eigenvalue weighted by atomic mass is 19.1. The van der Waals surface area contributed by atoms with Crippen molar-refractivity contribution in [3.63, 3.8) is 0 Å². The van der Waals surface area contributed by atoms with E-state index in [-0.39, 0.29) is 42.6 Å². The zero-order valence-corrected chi connectivity index (χ0v) is 7.96. The van der Waals surface area contributed by atoms with Gasteiger partial charge in [0, 0.05) is 12.0 Å². The molecule has 1 aliphatic rings. The summed E-state index contributed by atoms with van der Waals surface area (Å²) in [7, 11) is 0. The summed E-state index contributed by atoms with van der Waals surface area (Å²) in [5.41, 5.74) is 5.51. The highest BCUT2D eigenvalue weighted by Gasteiger charge is 2.21. The van der Waals surface area contributed by atoms with E-state index in [9.17, 15) is 9.18 Å². The molecule has 80 valence electrons. The van der Waals surface area contributed by atoms with Crippen LogP contribution >= 0.6 is 0 Å². The van der Waals surface area contributed by atoms with Crippen molar-refractivity contribution >= 4 is 5.78 Å². The van der Waals surface area contributed by atoms with E-state index >= 15 is 0 Å². The third-order valence-corrected chi connectivity index (χ3v) is 2.12. The number of carbonyl (C=O) groups excluding carboxylic acids is 1. The second-order valence-electron chi connectivity index (χ2n) is 3.15. The van der Waals surface area contributed by atoms with Gasteiger partial charge in [-0.15, -0.1) is 0 Å². The number of ether oxygens (including phenoxy) is 2. The fraction of sp³-hybridized carbons (Fsp3) is 0.300. The van der Waals surface area contributed by atoms with Gasteiger partial charge in [0.15, 0.2) is 17.3 Å². The number of halogens is 1. The van der Waals surface area contributed by atoms with E-state index in [0.29, 0.717) is 0 Å². The number of Topliss-reactive ketones (excluding diaryl/α,β-unsaturated/α-hetero) is 1. The van der Waals surface area contributed by atoms with Crippen LogP contribution in [0.25, 0.3) is 0 Å². The Hall–Kier alpha value is -1.62. The van der Waals surface area contributed by atoms with Crippen molar-refractivity contribution in [3.8, 4) is 11.5 Å². The summed E-state index contributed by atoms with van der Waals surface area (Å²) >= 11 is 0. The topological polar surface area (TPSA) is 61.6 Å². The third kappa shape index (κ3) is 1.78. The van der Waals surface area contributed by atoms with E-state index in [4.69, 9.17) is 15.2 Å². The van der Waals surface area contributed by atoms with Crippen molar-refractivity contribution < 1.29 is 18.7 Å². The van der Waals surface area contributed by atoms with E-state index < -0.39 is 5.82 Å². The molecule has 0 spiro atoms. The molecule has 0 fully saturated rings. The summed E-state index contributed by atoms with van der Waals surface area (Å²) in [5, 5.41) is 0. The predicted octanol–water partition coefficient (Wildman–Crippen LogP) is 1.09. The van der Waals surface area contributed by atoms with Crippen LogP contribution in [0.15, 0.2) is 12.1 Å². The van der Waals surface area contributed by atoms with Gasteiger partial charge in [0.05, 0.1) is 0 Å². The fourth-order valence-corrected chi connectivity index (χ4v) is 1.40. The van der Waals surface area contributed by atoms with E-state index in [1.54, 1.807) is 0 Å². The van der Waals surface area contributed by atoms with Crippen molar-refractivity contribution in [2.24, 2.45) is 5.73 Å². The number of ketones is 1. The number of nitrogens with two attached hydrogens (primary N) is 1. The van der Waals surface area contributed by atoms with Gasteiger partial charge in [-0.2, -0.15) is 0 Å². The molecule has 4 nitrogen and oxygen atoms in total. The van der Waals surface area contributed by atoms with Gasteiger partial charge >= 0.3 is 0 Å². The van der Waals surface area contributed by atoms with Crippen LogP contribution in [0.2, 0.25) is 0 Å². The minimum atomic E-state index is -0.578. The van der Waals surface area contributed by atoms with E-state index in [1.165, 1.54) is 6.07 Å². The molecule has 0 aromatic heterocycles. The third-order valence-electron chi connectivity index (χ3n) is 2.12. The first-order valence-corrected chi connectivity index (χ1v) is 4.55. The molecule has 0 saturated carbocycles. The summed E-state index contributed by atoms with van der Waals surface area (Å²) in [6.07, 6.45) is 0.194.